The monoisotopic (exact) mass is 334 g/mol. The SMILES string of the molecule is CC(C)(O)Cn1nc(-c2ccc(Br)cc2)c(C#N)c1N. The van der Waals surface area contributed by atoms with E-state index in [1.54, 1.807) is 13.8 Å². The summed E-state index contributed by atoms with van der Waals surface area (Å²) < 4.78 is 2.42. The van der Waals surface area contributed by atoms with Crippen LogP contribution >= 0.6 is 15.9 Å². The van der Waals surface area contributed by atoms with Crippen molar-refractivity contribution in [3.8, 4) is 17.3 Å². The Labute approximate surface area is 125 Å². The fourth-order valence-corrected chi connectivity index (χ4v) is 2.15. The van der Waals surface area contributed by atoms with Crippen molar-refractivity contribution in [2.45, 2.75) is 26.0 Å². The molecule has 0 unspecified atom stereocenters. The lowest BCUT2D eigenvalue weighted by atomic mass is 10.1. The van der Waals surface area contributed by atoms with Crippen LogP contribution in [0.15, 0.2) is 28.7 Å². The van der Waals surface area contributed by atoms with Crippen molar-refractivity contribution in [1.82, 2.24) is 9.78 Å². The van der Waals surface area contributed by atoms with E-state index in [1.807, 2.05) is 24.3 Å². The van der Waals surface area contributed by atoms with Crippen molar-refractivity contribution >= 4 is 21.7 Å². The third-order valence-corrected chi connectivity index (χ3v) is 3.29. The standard InChI is InChI=1S/C14H15BrN4O/c1-14(2,20)8-19-13(17)11(7-16)12(18-19)9-3-5-10(15)6-4-9/h3-6,20H,8,17H2,1-2H3. The van der Waals surface area contributed by atoms with Crippen molar-refractivity contribution in [3.05, 3.63) is 34.3 Å². The molecule has 1 heterocycles. The van der Waals surface area contributed by atoms with Crippen LogP contribution < -0.4 is 5.73 Å². The fourth-order valence-electron chi connectivity index (χ4n) is 1.88. The van der Waals surface area contributed by atoms with Crippen LogP contribution in [0.2, 0.25) is 0 Å². The molecule has 0 aliphatic rings. The Hall–Kier alpha value is -1.84. The third-order valence-electron chi connectivity index (χ3n) is 2.76. The summed E-state index contributed by atoms with van der Waals surface area (Å²) in [6.07, 6.45) is 0. The molecule has 0 radical (unpaired) electrons. The zero-order valence-electron chi connectivity index (χ0n) is 11.3. The number of halogens is 1. The van der Waals surface area contributed by atoms with Crippen molar-refractivity contribution in [3.63, 3.8) is 0 Å². The molecule has 0 saturated heterocycles. The third kappa shape index (κ3) is 3.00. The van der Waals surface area contributed by atoms with E-state index < -0.39 is 5.60 Å². The second kappa shape index (κ2) is 5.27. The maximum atomic E-state index is 9.87. The highest BCUT2D eigenvalue weighted by Crippen LogP contribution is 2.28. The minimum absolute atomic E-state index is 0.226. The van der Waals surface area contributed by atoms with Gasteiger partial charge in [-0.3, -0.25) is 0 Å². The van der Waals surface area contributed by atoms with Gasteiger partial charge in [-0.25, -0.2) is 4.68 Å². The van der Waals surface area contributed by atoms with E-state index >= 15 is 0 Å². The van der Waals surface area contributed by atoms with Crippen LogP contribution in [0.5, 0.6) is 0 Å². The van der Waals surface area contributed by atoms with Gasteiger partial charge in [0.15, 0.2) is 0 Å². The highest BCUT2D eigenvalue weighted by atomic mass is 79.9. The van der Waals surface area contributed by atoms with Gasteiger partial charge >= 0.3 is 0 Å². The normalized spacial score (nSPS) is 11.3. The predicted molar refractivity (Wildman–Crippen MR) is 80.8 cm³/mol. The minimum Gasteiger partial charge on any atom is -0.389 e. The van der Waals surface area contributed by atoms with E-state index in [0.29, 0.717) is 11.3 Å². The Kier molecular flexibility index (Phi) is 3.84. The van der Waals surface area contributed by atoms with Gasteiger partial charge in [0.25, 0.3) is 0 Å². The lowest BCUT2D eigenvalue weighted by Crippen LogP contribution is -2.27. The number of nitriles is 1. The van der Waals surface area contributed by atoms with Crippen molar-refractivity contribution in [2.24, 2.45) is 0 Å². The largest absolute Gasteiger partial charge is 0.389 e. The number of aliphatic hydroxyl groups is 1. The number of hydrogen-bond donors (Lipinski definition) is 2. The first-order valence-corrected chi connectivity index (χ1v) is 6.86. The summed E-state index contributed by atoms with van der Waals surface area (Å²) in [4.78, 5) is 0. The summed E-state index contributed by atoms with van der Waals surface area (Å²) in [5, 5.41) is 23.5. The molecule has 1 aromatic carbocycles. The van der Waals surface area contributed by atoms with Crippen LogP contribution in [0, 0.1) is 11.3 Å². The quantitative estimate of drug-likeness (QED) is 0.902. The second-order valence-corrected chi connectivity index (χ2v) is 6.11. The Balaban J connectivity index is 2.52. The van der Waals surface area contributed by atoms with Crippen LogP contribution in [0.1, 0.15) is 19.4 Å². The first kappa shape index (κ1) is 14.6. The van der Waals surface area contributed by atoms with E-state index in [0.717, 1.165) is 10.0 Å². The van der Waals surface area contributed by atoms with Crippen molar-refractivity contribution < 1.29 is 5.11 Å². The lowest BCUT2D eigenvalue weighted by Gasteiger charge is -2.17. The molecule has 0 fully saturated rings. The number of benzene rings is 1. The smallest absolute Gasteiger partial charge is 0.140 e. The number of hydrogen-bond acceptors (Lipinski definition) is 4. The second-order valence-electron chi connectivity index (χ2n) is 5.20. The van der Waals surface area contributed by atoms with Gasteiger partial charge in [0.05, 0.1) is 12.1 Å². The molecule has 2 rings (SSSR count). The summed E-state index contributed by atoms with van der Waals surface area (Å²) in [6.45, 7) is 3.56. The number of aromatic nitrogens is 2. The number of anilines is 1. The average molecular weight is 335 g/mol. The van der Waals surface area contributed by atoms with E-state index in [4.69, 9.17) is 5.73 Å². The molecule has 3 N–H and O–H groups in total. The lowest BCUT2D eigenvalue weighted by molar-refractivity contribution is 0.0585. The molecule has 0 aliphatic carbocycles. The predicted octanol–water partition coefficient (Wildman–Crippen LogP) is 2.54. The Morgan fingerprint density at radius 2 is 2.00 bits per heavy atom. The highest BCUT2D eigenvalue weighted by Gasteiger charge is 2.21. The summed E-state index contributed by atoms with van der Waals surface area (Å²) in [7, 11) is 0. The molecule has 0 aliphatic heterocycles. The molecular weight excluding hydrogens is 320 g/mol. The molecule has 0 bridgehead atoms. The minimum atomic E-state index is -0.955. The molecule has 104 valence electrons. The van der Waals surface area contributed by atoms with Gasteiger partial charge in [0.2, 0.25) is 0 Å². The van der Waals surface area contributed by atoms with Crippen molar-refractivity contribution in [1.29, 1.82) is 5.26 Å². The summed E-state index contributed by atoms with van der Waals surface area (Å²) in [5.74, 6) is 0.271. The molecule has 0 spiro atoms. The molecule has 0 amide bonds. The van der Waals surface area contributed by atoms with E-state index in [2.05, 4.69) is 27.1 Å². The van der Waals surface area contributed by atoms with Crippen LogP contribution in [0.25, 0.3) is 11.3 Å². The van der Waals surface area contributed by atoms with E-state index in [9.17, 15) is 10.4 Å². The summed E-state index contributed by atoms with van der Waals surface area (Å²) >= 11 is 3.36. The first-order valence-electron chi connectivity index (χ1n) is 6.06. The van der Waals surface area contributed by atoms with Crippen molar-refractivity contribution in [2.75, 3.05) is 5.73 Å². The fraction of sp³-hybridized carbons (Fsp3) is 0.286. The molecule has 0 atom stereocenters. The van der Waals surface area contributed by atoms with Crippen LogP contribution in [-0.2, 0) is 6.54 Å². The van der Waals surface area contributed by atoms with E-state index in [1.165, 1.54) is 4.68 Å². The Morgan fingerprint density at radius 3 is 2.50 bits per heavy atom. The molecule has 5 nitrogen and oxygen atoms in total. The first-order chi connectivity index (χ1) is 9.31. The van der Waals surface area contributed by atoms with E-state index in [-0.39, 0.29) is 12.4 Å². The number of nitrogens with zero attached hydrogens (tertiary/aromatic N) is 3. The van der Waals surface area contributed by atoms with Gasteiger partial charge < -0.3 is 10.8 Å². The van der Waals surface area contributed by atoms with Gasteiger partial charge in [-0.05, 0) is 26.0 Å². The molecule has 2 aromatic rings. The maximum absolute atomic E-state index is 9.87. The molecule has 1 aromatic heterocycles. The molecule has 20 heavy (non-hydrogen) atoms. The molecular formula is C14H15BrN4O. The Morgan fingerprint density at radius 1 is 1.40 bits per heavy atom. The van der Waals surface area contributed by atoms with Gasteiger partial charge in [-0.15, -0.1) is 0 Å². The molecule has 0 saturated carbocycles. The topological polar surface area (TPSA) is 87.9 Å². The van der Waals surface area contributed by atoms with Gasteiger partial charge in [-0.2, -0.15) is 10.4 Å². The molecule has 6 heteroatoms. The maximum Gasteiger partial charge on any atom is 0.140 e. The number of nitrogen functional groups attached to an aromatic ring is 1. The number of rotatable bonds is 3. The van der Waals surface area contributed by atoms with Crippen LogP contribution in [0.3, 0.4) is 0 Å². The van der Waals surface area contributed by atoms with Crippen LogP contribution in [0.4, 0.5) is 5.82 Å². The zero-order valence-corrected chi connectivity index (χ0v) is 12.8. The Bertz CT molecular complexity index is 662. The average Bonchev–Trinajstić information content (AvgIpc) is 2.65. The highest BCUT2D eigenvalue weighted by molar-refractivity contribution is 9.10. The van der Waals surface area contributed by atoms with Gasteiger partial charge in [0, 0.05) is 10.0 Å². The number of nitrogens with two attached hydrogens (primary N) is 1. The summed E-state index contributed by atoms with van der Waals surface area (Å²) in [6, 6.07) is 9.56. The zero-order chi connectivity index (χ0) is 14.9. The van der Waals surface area contributed by atoms with Crippen LogP contribution in [-0.4, -0.2) is 20.5 Å². The summed E-state index contributed by atoms with van der Waals surface area (Å²) in [5.41, 5.74) is 6.66. The van der Waals surface area contributed by atoms with Gasteiger partial charge in [0.1, 0.15) is 23.1 Å². The van der Waals surface area contributed by atoms with Gasteiger partial charge in [-0.1, -0.05) is 28.1 Å².